The van der Waals surface area contributed by atoms with Crippen molar-refractivity contribution < 1.29 is 18.6 Å². The van der Waals surface area contributed by atoms with Crippen LogP contribution in [0.4, 0.5) is 14.6 Å². The fourth-order valence-corrected chi connectivity index (χ4v) is 8.32. The number of benzene rings is 3. The molecule has 3 atom stereocenters. The van der Waals surface area contributed by atoms with Crippen LogP contribution in [0.25, 0.3) is 32.8 Å². The monoisotopic (exact) mass is 652 g/mol. The molecule has 2 N–H and O–H groups in total. The molecule has 3 aromatic carbocycles. The lowest BCUT2D eigenvalue weighted by atomic mass is 9.93. The first-order valence-corrected chi connectivity index (χ1v) is 17.2. The number of rotatable bonds is 9. The number of hydrogen-bond donors (Lipinski definition) is 2. The minimum Gasteiger partial charge on any atom is -0.508 e. The van der Waals surface area contributed by atoms with Gasteiger partial charge in [0.15, 0.2) is 5.82 Å². The molecule has 4 fully saturated rings. The number of fused-ring (bicyclic) bond motifs is 4. The van der Waals surface area contributed by atoms with Crippen LogP contribution in [0.5, 0.6) is 11.8 Å². The second kappa shape index (κ2) is 12.1. The van der Waals surface area contributed by atoms with E-state index in [0.29, 0.717) is 65.4 Å². The summed E-state index contributed by atoms with van der Waals surface area (Å²) in [6.45, 7) is 4.89. The summed E-state index contributed by atoms with van der Waals surface area (Å²) in [6.07, 6.45) is 12.4. The highest BCUT2D eigenvalue weighted by atomic mass is 19.1. The number of halogens is 2. The Morgan fingerprint density at radius 3 is 2.62 bits per heavy atom. The van der Waals surface area contributed by atoms with Crippen molar-refractivity contribution in [2.45, 2.75) is 56.7 Å². The first-order chi connectivity index (χ1) is 23.2. The van der Waals surface area contributed by atoms with Crippen molar-refractivity contribution in [2.24, 2.45) is 5.41 Å². The number of hydrogen-bond acceptors (Lipinski definition) is 8. The molecule has 2 unspecified atom stereocenters. The van der Waals surface area contributed by atoms with Gasteiger partial charge in [0.25, 0.3) is 0 Å². The van der Waals surface area contributed by atoms with Crippen molar-refractivity contribution in [3.05, 3.63) is 53.6 Å². The molecular weight excluding hydrogens is 610 g/mol. The highest BCUT2D eigenvalue weighted by molar-refractivity contribution is 6.04. The summed E-state index contributed by atoms with van der Waals surface area (Å²) < 4.78 is 39.6. The van der Waals surface area contributed by atoms with Gasteiger partial charge < -0.3 is 25.0 Å². The minimum absolute atomic E-state index is 0.0117. The smallest absolute Gasteiger partial charge is 0.319 e. The molecule has 10 heteroatoms. The van der Waals surface area contributed by atoms with Crippen molar-refractivity contribution in [2.75, 3.05) is 58.3 Å². The summed E-state index contributed by atoms with van der Waals surface area (Å²) in [5.74, 6) is 1.40. The van der Waals surface area contributed by atoms with E-state index >= 15 is 8.78 Å². The molecule has 48 heavy (non-hydrogen) atoms. The highest BCUT2D eigenvalue weighted by Gasteiger charge is 2.47. The van der Waals surface area contributed by atoms with E-state index in [1.54, 1.807) is 24.3 Å². The lowest BCUT2D eigenvalue weighted by Crippen LogP contribution is -2.51. The van der Waals surface area contributed by atoms with E-state index in [0.717, 1.165) is 45.3 Å². The number of piperazine rings is 1. The van der Waals surface area contributed by atoms with Gasteiger partial charge in [-0.15, -0.1) is 6.42 Å². The van der Waals surface area contributed by atoms with E-state index in [9.17, 15) is 5.11 Å². The number of aromatic hydroxyl groups is 1. The maximum atomic E-state index is 16.9. The molecule has 1 aromatic heterocycles. The Morgan fingerprint density at radius 2 is 1.90 bits per heavy atom. The standard InChI is InChI=1S/C38H42F2N6O2/c1-4-23-7-5-8-24-15-28(47)16-29(32(23)24)33-31(39)17-30-35(34(33)40)42-37(43-36(30)46-18-25-10-11-26(19-46)41-25)48-22-38(12-13-38)21-45-14-6-9-27(45)20-44(2)3/h1,5,7-8,15-17,25-27,41,47H,6,9-14,18-22H2,2-3H3/t25?,26?,27-/m0/s1. The molecule has 4 heterocycles. The average molecular weight is 653 g/mol. The van der Waals surface area contributed by atoms with Gasteiger partial charge in [-0.25, -0.2) is 8.78 Å². The predicted octanol–water partition coefficient (Wildman–Crippen LogP) is 5.54. The van der Waals surface area contributed by atoms with Crippen molar-refractivity contribution in [1.29, 1.82) is 0 Å². The number of nitrogens with zero attached hydrogens (tertiary/aromatic N) is 5. The zero-order valence-electron chi connectivity index (χ0n) is 27.6. The number of aromatic nitrogens is 2. The molecule has 8 nitrogen and oxygen atoms in total. The van der Waals surface area contributed by atoms with E-state index in [4.69, 9.17) is 16.1 Å². The minimum atomic E-state index is -0.833. The van der Waals surface area contributed by atoms with Gasteiger partial charge in [-0.05, 0) is 88.8 Å². The zero-order valence-corrected chi connectivity index (χ0v) is 27.6. The first-order valence-electron chi connectivity index (χ1n) is 17.2. The van der Waals surface area contributed by atoms with Crippen LogP contribution in [0.3, 0.4) is 0 Å². The summed E-state index contributed by atoms with van der Waals surface area (Å²) in [4.78, 5) is 16.5. The van der Waals surface area contributed by atoms with Crippen LogP contribution >= 0.6 is 0 Å². The van der Waals surface area contributed by atoms with Gasteiger partial charge in [-0.3, -0.25) is 4.90 Å². The Labute approximate surface area is 280 Å². The molecule has 3 aliphatic heterocycles. The first kappa shape index (κ1) is 31.2. The number of anilines is 1. The molecule has 1 aliphatic carbocycles. The number of phenolic OH excluding ortho intramolecular Hbond substituents is 1. The van der Waals surface area contributed by atoms with Gasteiger partial charge in [0.05, 0.1) is 12.2 Å². The van der Waals surface area contributed by atoms with Crippen molar-refractivity contribution in [1.82, 2.24) is 25.1 Å². The molecule has 250 valence electrons. The molecule has 4 aliphatic rings. The largest absolute Gasteiger partial charge is 0.508 e. The molecular formula is C38H42F2N6O2. The summed E-state index contributed by atoms with van der Waals surface area (Å²) in [7, 11) is 4.25. The molecule has 4 aromatic rings. The number of terminal acetylenes is 1. The van der Waals surface area contributed by atoms with Gasteiger partial charge >= 0.3 is 6.01 Å². The van der Waals surface area contributed by atoms with Gasteiger partial charge in [-0.1, -0.05) is 18.1 Å². The van der Waals surface area contributed by atoms with Crippen LogP contribution < -0.4 is 15.0 Å². The van der Waals surface area contributed by atoms with Gasteiger partial charge in [0.1, 0.15) is 22.9 Å². The topological polar surface area (TPSA) is 77.0 Å². The van der Waals surface area contributed by atoms with Crippen LogP contribution in [0.2, 0.25) is 0 Å². The van der Waals surface area contributed by atoms with E-state index in [1.165, 1.54) is 25.0 Å². The molecule has 8 rings (SSSR count). The Hall–Kier alpha value is -4.04. The van der Waals surface area contributed by atoms with Crippen molar-refractivity contribution >= 4 is 27.5 Å². The second-order valence-corrected chi connectivity index (χ2v) is 14.7. The molecule has 2 bridgehead atoms. The number of likely N-dealkylation sites (tertiary alicyclic amines) is 1. The molecule has 0 spiro atoms. The van der Waals surface area contributed by atoms with Gasteiger partial charge in [-0.2, -0.15) is 9.97 Å². The van der Waals surface area contributed by atoms with Crippen molar-refractivity contribution in [3.8, 4) is 35.2 Å². The maximum absolute atomic E-state index is 16.9. The summed E-state index contributed by atoms with van der Waals surface area (Å²) in [5, 5.41) is 15.6. The fraction of sp³-hybridized carbons (Fsp3) is 0.474. The third-order valence-electron chi connectivity index (χ3n) is 10.8. The van der Waals surface area contributed by atoms with E-state index in [2.05, 4.69) is 45.0 Å². The third-order valence-corrected chi connectivity index (χ3v) is 10.8. The highest BCUT2D eigenvalue weighted by Crippen LogP contribution is 2.48. The van der Waals surface area contributed by atoms with Crippen LogP contribution in [-0.2, 0) is 0 Å². The molecule has 1 saturated carbocycles. The SMILES string of the molecule is C#Cc1cccc2cc(O)cc(-c3c(F)cc4c(N5CC6CCC(C5)N6)nc(OCC5(CN6CCC[C@H]6CN(C)C)CC5)nc4c3F)c12. The van der Waals surface area contributed by atoms with Crippen molar-refractivity contribution in [3.63, 3.8) is 0 Å². The lowest BCUT2D eigenvalue weighted by Gasteiger charge is -2.34. The predicted molar refractivity (Wildman–Crippen MR) is 184 cm³/mol. The Bertz CT molecular complexity index is 1930. The van der Waals surface area contributed by atoms with Gasteiger partial charge in [0.2, 0.25) is 0 Å². The van der Waals surface area contributed by atoms with E-state index in [-0.39, 0.29) is 33.8 Å². The summed E-state index contributed by atoms with van der Waals surface area (Å²) in [6, 6.07) is 10.7. The van der Waals surface area contributed by atoms with E-state index < -0.39 is 11.6 Å². The average Bonchev–Trinajstić information content (AvgIpc) is 3.57. The lowest BCUT2D eigenvalue weighted by molar-refractivity contribution is 0.133. The maximum Gasteiger partial charge on any atom is 0.319 e. The fourth-order valence-electron chi connectivity index (χ4n) is 8.32. The third kappa shape index (κ3) is 5.72. The molecule has 0 amide bonds. The summed E-state index contributed by atoms with van der Waals surface area (Å²) in [5.41, 5.74) is 0.364. The van der Waals surface area contributed by atoms with Gasteiger partial charge in [0, 0.05) is 71.6 Å². The quantitative estimate of drug-likeness (QED) is 0.229. The summed E-state index contributed by atoms with van der Waals surface area (Å²) >= 11 is 0. The van der Waals surface area contributed by atoms with Crippen LogP contribution in [0, 0.1) is 29.4 Å². The Balaban J connectivity index is 1.20. The zero-order chi connectivity index (χ0) is 33.2. The van der Waals surface area contributed by atoms with Crippen LogP contribution in [-0.4, -0.2) is 96.4 Å². The number of phenols is 1. The van der Waals surface area contributed by atoms with Crippen LogP contribution in [0.15, 0.2) is 36.4 Å². The molecule has 3 saturated heterocycles. The number of nitrogens with one attached hydrogen (secondary N) is 1. The van der Waals surface area contributed by atoms with E-state index in [1.807, 2.05) is 0 Å². The Morgan fingerprint density at radius 1 is 1.10 bits per heavy atom. The second-order valence-electron chi connectivity index (χ2n) is 14.7. The van der Waals surface area contributed by atoms with Crippen LogP contribution in [0.1, 0.15) is 44.1 Å². The normalized spacial score (nSPS) is 23.3. The Kier molecular flexibility index (Phi) is 7.90. The number of ether oxygens (including phenoxy) is 1. The molecule has 0 radical (unpaired) electrons. The number of likely N-dealkylation sites (N-methyl/N-ethyl adjacent to an activating group) is 1.